The molecule has 2 N–H and O–H groups in total. The average molecular weight is 562 g/mol. The normalized spacial score (nSPS) is 15.1. The van der Waals surface area contributed by atoms with Crippen molar-refractivity contribution in [1.82, 2.24) is 10.2 Å². The van der Waals surface area contributed by atoms with Crippen molar-refractivity contribution >= 4 is 17.4 Å². The van der Waals surface area contributed by atoms with Crippen molar-refractivity contribution in [2.75, 3.05) is 51.3 Å². The van der Waals surface area contributed by atoms with Crippen LogP contribution in [0.2, 0.25) is 0 Å². The molecule has 40 heavy (non-hydrogen) atoms. The fourth-order valence-corrected chi connectivity index (χ4v) is 4.59. The molecule has 3 rings (SSSR count). The number of rotatable bonds is 12. The molecule has 0 spiro atoms. The third-order valence-electron chi connectivity index (χ3n) is 7.28. The quantitative estimate of drug-likeness (QED) is 0.389. The van der Waals surface area contributed by atoms with E-state index in [4.69, 9.17) is 4.74 Å². The molecule has 1 fully saturated rings. The monoisotopic (exact) mass is 561 g/mol. The van der Waals surface area contributed by atoms with Crippen molar-refractivity contribution < 1.29 is 28.2 Å². The largest absolute Gasteiger partial charge is 0.492 e. The Morgan fingerprint density at radius 2 is 1.77 bits per heavy atom. The number of anilines is 1. The van der Waals surface area contributed by atoms with Gasteiger partial charge in [0.25, 0.3) is 5.91 Å². The van der Waals surface area contributed by atoms with Gasteiger partial charge in [-0.25, -0.2) is 8.78 Å². The Morgan fingerprint density at radius 1 is 1.10 bits per heavy atom. The first-order valence-electron chi connectivity index (χ1n) is 14.2. The van der Waals surface area contributed by atoms with E-state index < -0.39 is 17.7 Å². The fraction of sp³-hybridized carbons (Fsp3) is 0.548. The van der Waals surface area contributed by atoms with Crippen LogP contribution in [0.25, 0.3) is 0 Å². The molecule has 0 aliphatic carbocycles. The Balaban J connectivity index is 0.00000274. The minimum atomic E-state index is -0.733. The number of nitrogens with zero attached hydrogens (tertiary/aromatic N) is 2. The Hall–Kier alpha value is -3.04. The molecule has 1 aliphatic heterocycles. The summed E-state index contributed by atoms with van der Waals surface area (Å²) in [5.41, 5.74) is 2.73. The number of hydrogen-bond acceptors (Lipinski definition) is 6. The zero-order valence-electron chi connectivity index (χ0n) is 24.7. The highest BCUT2D eigenvalue weighted by atomic mass is 19.1. The molecule has 0 aromatic heterocycles. The summed E-state index contributed by atoms with van der Waals surface area (Å²) >= 11 is 0. The minimum Gasteiger partial charge on any atom is -0.492 e. The van der Waals surface area contributed by atoms with Gasteiger partial charge in [0.2, 0.25) is 0 Å². The van der Waals surface area contributed by atoms with Crippen LogP contribution >= 0.6 is 0 Å². The van der Waals surface area contributed by atoms with Gasteiger partial charge in [-0.05, 0) is 43.0 Å². The highest BCUT2D eigenvalue weighted by Crippen LogP contribution is 2.32. The number of nitrogens with one attached hydrogen (secondary N) is 1. The molecule has 7 nitrogen and oxygen atoms in total. The van der Waals surface area contributed by atoms with E-state index in [1.165, 1.54) is 13.2 Å². The third-order valence-corrected chi connectivity index (χ3v) is 7.28. The summed E-state index contributed by atoms with van der Waals surface area (Å²) in [6, 6.07) is 7.46. The number of ether oxygens (including phenoxy) is 1. The number of Topliss-reactive ketones (excluding diaryl/α,β-unsaturated/α-hetero) is 1. The van der Waals surface area contributed by atoms with Crippen LogP contribution in [-0.2, 0) is 11.2 Å². The SMILES string of the molecule is CC.CCC(C)C(=O)Cc1cc(C(=O)NCCC(O)CN2CCN(c3cc(F)cc(F)c3OC)CC2)ccc1C. The number of methoxy groups -OCH3 is 1. The average Bonchev–Trinajstić information content (AvgIpc) is 2.94. The van der Waals surface area contributed by atoms with Crippen LogP contribution in [0.5, 0.6) is 5.75 Å². The van der Waals surface area contributed by atoms with E-state index in [1.807, 2.05) is 45.6 Å². The van der Waals surface area contributed by atoms with Crippen molar-refractivity contribution in [2.24, 2.45) is 5.92 Å². The predicted octanol–water partition coefficient (Wildman–Crippen LogP) is 4.77. The Morgan fingerprint density at radius 3 is 2.40 bits per heavy atom. The van der Waals surface area contributed by atoms with Gasteiger partial charge in [-0.15, -0.1) is 0 Å². The minimum absolute atomic E-state index is 0.0106. The number of piperazine rings is 1. The summed E-state index contributed by atoms with van der Waals surface area (Å²) < 4.78 is 32.9. The Kier molecular flexibility index (Phi) is 13.5. The number of hydrogen-bond donors (Lipinski definition) is 2. The van der Waals surface area contributed by atoms with Gasteiger partial charge in [0.15, 0.2) is 11.6 Å². The summed E-state index contributed by atoms with van der Waals surface area (Å²) in [5, 5.41) is 13.4. The molecular formula is C31H45F2N3O4. The Bertz CT molecular complexity index is 1120. The smallest absolute Gasteiger partial charge is 0.251 e. The lowest BCUT2D eigenvalue weighted by Crippen LogP contribution is -2.49. The fourth-order valence-electron chi connectivity index (χ4n) is 4.59. The maximum atomic E-state index is 14.0. The van der Waals surface area contributed by atoms with Crippen LogP contribution in [-0.4, -0.2) is 74.2 Å². The van der Waals surface area contributed by atoms with Crippen molar-refractivity contribution in [3.63, 3.8) is 0 Å². The second-order valence-corrected chi connectivity index (χ2v) is 10.0. The van der Waals surface area contributed by atoms with Gasteiger partial charge < -0.3 is 20.1 Å². The molecule has 2 aromatic carbocycles. The summed E-state index contributed by atoms with van der Waals surface area (Å²) in [4.78, 5) is 29.0. The molecule has 0 bridgehead atoms. The van der Waals surface area contributed by atoms with Crippen molar-refractivity contribution in [2.45, 2.75) is 60.0 Å². The van der Waals surface area contributed by atoms with E-state index >= 15 is 0 Å². The zero-order chi connectivity index (χ0) is 29.8. The molecule has 222 valence electrons. The second-order valence-electron chi connectivity index (χ2n) is 10.0. The van der Waals surface area contributed by atoms with Crippen LogP contribution in [0.4, 0.5) is 14.5 Å². The van der Waals surface area contributed by atoms with Crippen molar-refractivity contribution in [3.05, 3.63) is 58.7 Å². The molecule has 1 heterocycles. The summed E-state index contributed by atoms with van der Waals surface area (Å²) in [6.45, 7) is 12.9. The van der Waals surface area contributed by atoms with Gasteiger partial charge in [-0.2, -0.15) is 0 Å². The summed E-state index contributed by atoms with van der Waals surface area (Å²) in [6.07, 6.45) is 0.858. The molecule has 2 aromatic rings. The number of aryl methyl sites for hydroxylation is 1. The predicted molar refractivity (Wildman–Crippen MR) is 155 cm³/mol. The Labute approximate surface area is 237 Å². The molecular weight excluding hydrogens is 516 g/mol. The van der Waals surface area contributed by atoms with E-state index in [0.29, 0.717) is 63.4 Å². The highest BCUT2D eigenvalue weighted by molar-refractivity contribution is 5.95. The standard InChI is InChI=1S/C29H39F2N3O4.C2H6/c1-5-19(2)27(36)15-22-14-21(7-6-20(22)3)29(37)32-9-8-24(35)18-33-10-12-34(13-11-33)26-17-23(30)16-25(31)28(26)38-4;1-2/h6-7,14,16-17,19,24,35H,5,8-13,15,18H2,1-4H3,(H,32,37);1-2H3. The highest BCUT2D eigenvalue weighted by Gasteiger charge is 2.24. The third kappa shape index (κ3) is 9.27. The van der Waals surface area contributed by atoms with Gasteiger partial charge in [0, 0.05) is 69.3 Å². The number of β-amino-alcohol motifs (C(OH)–C–C–N with tert-alkyl or cyclic N) is 1. The number of carbonyl (C=O) groups is 2. The van der Waals surface area contributed by atoms with Gasteiger partial charge in [0.05, 0.1) is 18.9 Å². The first kappa shape index (κ1) is 33.2. The maximum absolute atomic E-state index is 14.0. The van der Waals surface area contributed by atoms with Crippen LogP contribution in [0.1, 0.15) is 62.0 Å². The molecule has 1 aliphatic rings. The van der Waals surface area contributed by atoms with Crippen LogP contribution in [0.15, 0.2) is 30.3 Å². The second kappa shape index (κ2) is 16.3. The van der Waals surface area contributed by atoms with E-state index in [2.05, 4.69) is 10.2 Å². The van der Waals surface area contributed by atoms with Gasteiger partial charge in [0.1, 0.15) is 11.6 Å². The molecule has 1 amide bonds. The zero-order valence-corrected chi connectivity index (χ0v) is 24.7. The molecule has 0 saturated carbocycles. The number of aliphatic hydroxyl groups is 1. The number of amides is 1. The number of aliphatic hydroxyl groups excluding tert-OH is 1. The van der Waals surface area contributed by atoms with Crippen LogP contribution in [0.3, 0.4) is 0 Å². The van der Waals surface area contributed by atoms with E-state index in [-0.39, 0.29) is 23.4 Å². The number of carbonyl (C=O) groups excluding carboxylic acids is 2. The molecule has 2 unspecified atom stereocenters. The van der Waals surface area contributed by atoms with Gasteiger partial charge in [-0.3, -0.25) is 14.5 Å². The van der Waals surface area contributed by atoms with Crippen molar-refractivity contribution in [1.29, 1.82) is 0 Å². The van der Waals surface area contributed by atoms with Gasteiger partial charge in [-0.1, -0.05) is 33.8 Å². The number of ketones is 1. The van der Waals surface area contributed by atoms with E-state index in [0.717, 1.165) is 23.6 Å². The lowest BCUT2D eigenvalue weighted by molar-refractivity contribution is -0.121. The lowest BCUT2D eigenvalue weighted by Gasteiger charge is -2.37. The molecule has 9 heteroatoms. The molecule has 0 radical (unpaired) electrons. The number of benzene rings is 2. The maximum Gasteiger partial charge on any atom is 0.251 e. The number of halogens is 2. The molecule has 1 saturated heterocycles. The van der Waals surface area contributed by atoms with Crippen molar-refractivity contribution in [3.8, 4) is 5.75 Å². The van der Waals surface area contributed by atoms with E-state index in [9.17, 15) is 23.5 Å². The first-order valence-corrected chi connectivity index (χ1v) is 14.2. The summed E-state index contributed by atoms with van der Waals surface area (Å²) in [5.74, 6) is -1.44. The van der Waals surface area contributed by atoms with Crippen LogP contribution < -0.4 is 15.0 Å². The lowest BCUT2D eigenvalue weighted by atomic mass is 9.94. The molecule has 2 atom stereocenters. The van der Waals surface area contributed by atoms with Gasteiger partial charge >= 0.3 is 0 Å². The van der Waals surface area contributed by atoms with Crippen LogP contribution in [0, 0.1) is 24.5 Å². The first-order chi connectivity index (χ1) is 19.1. The summed E-state index contributed by atoms with van der Waals surface area (Å²) in [7, 11) is 1.36. The topological polar surface area (TPSA) is 82.1 Å². The van der Waals surface area contributed by atoms with E-state index in [1.54, 1.807) is 12.1 Å².